The second kappa shape index (κ2) is 12.4. The van der Waals surface area contributed by atoms with Crippen LogP contribution in [0.15, 0.2) is 36.4 Å². The Morgan fingerprint density at radius 3 is 1.39 bits per heavy atom. The van der Waals surface area contributed by atoms with Crippen molar-refractivity contribution in [1.82, 2.24) is 0 Å². The van der Waals surface area contributed by atoms with Crippen LogP contribution in [-0.4, -0.2) is 0 Å². The zero-order chi connectivity index (χ0) is 26.2. The SMILES string of the molecule is CCCCCc1c(F)cc(C#Cc2c(F)cc(C#Cc3c(F)cc(CCC)cc3F)cc2F)cc1F. The van der Waals surface area contributed by atoms with Crippen LogP contribution in [0.5, 0.6) is 0 Å². The van der Waals surface area contributed by atoms with Crippen molar-refractivity contribution in [2.24, 2.45) is 0 Å². The van der Waals surface area contributed by atoms with Crippen LogP contribution in [0, 0.1) is 58.6 Å². The topological polar surface area (TPSA) is 0 Å². The molecule has 0 N–H and O–H groups in total. The summed E-state index contributed by atoms with van der Waals surface area (Å²) in [5.41, 5.74) is -0.882. The minimum absolute atomic E-state index is 0.0397. The first-order valence-corrected chi connectivity index (χ1v) is 11.7. The van der Waals surface area contributed by atoms with Crippen molar-refractivity contribution < 1.29 is 26.3 Å². The first-order chi connectivity index (χ1) is 17.2. The van der Waals surface area contributed by atoms with Gasteiger partial charge in [0.05, 0.1) is 11.1 Å². The summed E-state index contributed by atoms with van der Waals surface area (Å²) in [6.07, 6.45) is 3.86. The lowest BCUT2D eigenvalue weighted by atomic mass is 10.0. The lowest BCUT2D eigenvalue weighted by Gasteiger charge is -2.05. The molecule has 3 aromatic rings. The Balaban J connectivity index is 1.85. The van der Waals surface area contributed by atoms with Crippen molar-refractivity contribution in [2.75, 3.05) is 0 Å². The zero-order valence-corrected chi connectivity index (χ0v) is 20.0. The summed E-state index contributed by atoms with van der Waals surface area (Å²) in [7, 11) is 0. The van der Waals surface area contributed by atoms with E-state index in [1.54, 1.807) is 0 Å². The molecule has 0 amide bonds. The number of halogens is 6. The Hall–Kier alpha value is -3.64. The Morgan fingerprint density at radius 2 is 0.944 bits per heavy atom. The van der Waals surface area contributed by atoms with Gasteiger partial charge in [-0.3, -0.25) is 0 Å². The molecule has 0 nitrogen and oxygen atoms in total. The molecule has 0 bridgehead atoms. The number of rotatable bonds is 6. The first-order valence-electron chi connectivity index (χ1n) is 11.7. The van der Waals surface area contributed by atoms with Crippen LogP contribution in [0.3, 0.4) is 0 Å². The van der Waals surface area contributed by atoms with Gasteiger partial charge in [-0.25, -0.2) is 26.3 Å². The van der Waals surface area contributed by atoms with Gasteiger partial charge in [0.1, 0.15) is 34.9 Å². The van der Waals surface area contributed by atoms with Crippen LogP contribution in [0.4, 0.5) is 26.3 Å². The molecule has 0 spiro atoms. The summed E-state index contributed by atoms with van der Waals surface area (Å²) in [6, 6.07) is 6.17. The average molecular weight is 499 g/mol. The highest BCUT2D eigenvalue weighted by molar-refractivity contribution is 5.50. The summed E-state index contributed by atoms with van der Waals surface area (Å²) in [4.78, 5) is 0. The maximum absolute atomic E-state index is 14.5. The monoisotopic (exact) mass is 498 g/mol. The van der Waals surface area contributed by atoms with E-state index in [1.807, 2.05) is 13.8 Å². The van der Waals surface area contributed by atoms with Gasteiger partial charge in [0.15, 0.2) is 0 Å². The van der Waals surface area contributed by atoms with Gasteiger partial charge >= 0.3 is 0 Å². The highest BCUT2D eigenvalue weighted by atomic mass is 19.2. The number of aryl methyl sites for hydroxylation is 1. The van der Waals surface area contributed by atoms with E-state index >= 15 is 0 Å². The largest absolute Gasteiger partial charge is 0.207 e. The van der Waals surface area contributed by atoms with Crippen LogP contribution in [0.25, 0.3) is 0 Å². The highest BCUT2D eigenvalue weighted by Crippen LogP contribution is 2.20. The van der Waals surface area contributed by atoms with E-state index in [0.29, 0.717) is 24.8 Å². The van der Waals surface area contributed by atoms with Gasteiger partial charge in [0.25, 0.3) is 0 Å². The molecule has 0 aromatic heterocycles. The average Bonchev–Trinajstić information content (AvgIpc) is 2.80. The molecule has 0 aliphatic carbocycles. The van der Waals surface area contributed by atoms with Crippen LogP contribution >= 0.6 is 0 Å². The van der Waals surface area contributed by atoms with E-state index in [2.05, 4.69) is 23.7 Å². The molecule has 0 atom stereocenters. The molecule has 0 saturated heterocycles. The fourth-order valence-corrected chi connectivity index (χ4v) is 3.68. The third-order valence-electron chi connectivity index (χ3n) is 5.52. The lowest BCUT2D eigenvalue weighted by molar-refractivity contribution is 0.545. The Bertz CT molecular complexity index is 1310. The summed E-state index contributed by atoms with van der Waals surface area (Å²) >= 11 is 0. The third kappa shape index (κ3) is 6.73. The predicted octanol–water partition coefficient (Wildman–Crippen LogP) is 8.01. The molecule has 0 radical (unpaired) electrons. The molecule has 0 saturated carbocycles. The first kappa shape index (κ1) is 27.0. The normalized spacial score (nSPS) is 10.4. The molecular weight excluding hydrogens is 474 g/mol. The minimum Gasteiger partial charge on any atom is -0.207 e. The molecule has 0 aliphatic heterocycles. The number of unbranched alkanes of at least 4 members (excludes halogenated alkanes) is 2. The van der Waals surface area contributed by atoms with E-state index in [4.69, 9.17) is 0 Å². The predicted molar refractivity (Wildman–Crippen MR) is 128 cm³/mol. The number of benzene rings is 3. The smallest absolute Gasteiger partial charge is 0.143 e. The molecule has 36 heavy (non-hydrogen) atoms. The highest BCUT2D eigenvalue weighted by Gasteiger charge is 2.12. The molecule has 3 aromatic carbocycles. The van der Waals surface area contributed by atoms with Gasteiger partial charge in [0, 0.05) is 16.7 Å². The van der Waals surface area contributed by atoms with Gasteiger partial charge in [-0.1, -0.05) is 56.8 Å². The van der Waals surface area contributed by atoms with Crippen LogP contribution < -0.4 is 0 Å². The molecule has 0 fully saturated rings. The van der Waals surface area contributed by atoms with Crippen molar-refractivity contribution in [3.8, 4) is 23.7 Å². The van der Waals surface area contributed by atoms with Crippen LogP contribution in [-0.2, 0) is 12.8 Å². The standard InChI is InChI=1S/C30H24F6/c1-3-5-6-8-22-25(31)15-20(16-26(22)32)9-12-24-29(35)17-21(18-30(24)36)10-11-23-27(33)13-19(7-4-2)14-28(23)34/h13-18H,3-8H2,1-2H3. The quantitative estimate of drug-likeness (QED) is 0.184. The summed E-state index contributed by atoms with van der Waals surface area (Å²) < 4.78 is 86.1. The number of hydrogen-bond acceptors (Lipinski definition) is 0. The van der Waals surface area contributed by atoms with Crippen LogP contribution in [0.1, 0.15) is 72.9 Å². The van der Waals surface area contributed by atoms with E-state index < -0.39 is 46.0 Å². The molecule has 6 heteroatoms. The maximum atomic E-state index is 14.5. The van der Waals surface area contributed by atoms with E-state index in [1.165, 1.54) is 12.1 Å². The summed E-state index contributed by atoms with van der Waals surface area (Å²) in [5, 5.41) is 0. The maximum Gasteiger partial charge on any atom is 0.143 e. The van der Waals surface area contributed by atoms with Gasteiger partial charge in [-0.05, 0) is 61.2 Å². The lowest BCUT2D eigenvalue weighted by Crippen LogP contribution is -1.98. The van der Waals surface area contributed by atoms with Crippen molar-refractivity contribution >= 4 is 0 Å². The third-order valence-corrected chi connectivity index (χ3v) is 5.52. The Kier molecular flexibility index (Phi) is 9.25. The van der Waals surface area contributed by atoms with Crippen molar-refractivity contribution in [1.29, 1.82) is 0 Å². The van der Waals surface area contributed by atoms with E-state index in [0.717, 1.165) is 37.1 Å². The van der Waals surface area contributed by atoms with E-state index in [-0.39, 0.29) is 23.1 Å². The Labute approximate surface area is 207 Å². The fourth-order valence-electron chi connectivity index (χ4n) is 3.68. The van der Waals surface area contributed by atoms with Crippen molar-refractivity contribution in [3.05, 3.63) is 105 Å². The summed E-state index contributed by atoms with van der Waals surface area (Å²) in [5.74, 6) is 3.92. The fraction of sp³-hybridized carbons (Fsp3) is 0.267. The molecule has 0 heterocycles. The van der Waals surface area contributed by atoms with Gasteiger partial charge in [-0.15, -0.1) is 0 Å². The second-order valence-electron chi connectivity index (χ2n) is 8.37. The zero-order valence-electron chi connectivity index (χ0n) is 20.0. The van der Waals surface area contributed by atoms with Gasteiger partial charge < -0.3 is 0 Å². The molecular formula is C30H24F6. The van der Waals surface area contributed by atoms with Crippen molar-refractivity contribution in [3.63, 3.8) is 0 Å². The van der Waals surface area contributed by atoms with Crippen molar-refractivity contribution in [2.45, 2.75) is 52.4 Å². The molecule has 3 rings (SSSR count). The Morgan fingerprint density at radius 1 is 0.500 bits per heavy atom. The molecule has 0 aliphatic rings. The molecule has 186 valence electrons. The van der Waals surface area contributed by atoms with Gasteiger partial charge in [-0.2, -0.15) is 0 Å². The summed E-state index contributed by atoms with van der Waals surface area (Å²) in [6.45, 7) is 3.86. The van der Waals surface area contributed by atoms with Gasteiger partial charge in [0.2, 0.25) is 0 Å². The van der Waals surface area contributed by atoms with E-state index in [9.17, 15) is 26.3 Å². The second-order valence-corrected chi connectivity index (χ2v) is 8.37. The molecule has 0 unspecified atom stereocenters. The minimum atomic E-state index is -1.07. The number of hydrogen-bond donors (Lipinski definition) is 0. The van der Waals surface area contributed by atoms with Crippen LogP contribution in [0.2, 0.25) is 0 Å².